The molecule has 0 aromatic heterocycles. The summed E-state index contributed by atoms with van der Waals surface area (Å²) in [6.45, 7) is 4.82. The van der Waals surface area contributed by atoms with Crippen molar-refractivity contribution < 1.29 is 18.3 Å². The lowest BCUT2D eigenvalue weighted by atomic mass is 10.0. The molecule has 0 amide bonds. The van der Waals surface area contributed by atoms with Crippen molar-refractivity contribution >= 4 is 17.7 Å². The van der Waals surface area contributed by atoms with Crippen LogP contribution < -0.4 is 0 Å². The molecule has 0 bridgehead atoms. The number of halogens is 2. The van der Waals surface area contributed by atoms with Crippen LogP contribution in [0.2, 0.25) is 0 Å². The van der Waals surface area contributed by atoms with E-state index in [1.807, 2.05) is 24.3 Å². The zero-order valence-electron chi connectivity index (χ0n) is 16.5. The highest BCUT2D eigenvalue weighted by atomic mass is 32.2. The van der Waals surface area contributed by atoms with E-state index >= 15 is 0 Å². The average molecular weight is 407 g/mol. The summed E-state index contributed by atoms with van der Waals surface area (Å²) in [5.41, 5.74) is 1.45. The largest absolute Gasteiger partial charge is 0.465 e. The van der Waals surface area contributed by atoms with Crippen molar-refractivity contribution in [3.63, 3.8) is 0 Å². The lowest BCUT2D eigenvalue weighted by Gasteiger charge is -2.14. The third kappa shape index (κ3) is 7.27. The molecule has 1 unspecified atom stereocenters. The zero-order chi connectivity index (χ0) is 20.4. The highest BCUT2D eigenvalue weighted by Crippen LogP contribution is 2.26. The van der Waals surface area contributed by atoms with Crippen LogP contribution in [0.5, 0.6) is 0 Å². The van der Waals surface area contributed by atoms with Gasteiger partial charge >= 0.3 is 5.97 Å². The molecule has 2 aromatic carbocycles. The van der Waals surface area contributed by atoms with E-state index in [2.05, 4.69) is 13.8 Å². The SMILES string of the molecule is CCCCC(CC)COC(=O)CCSc1ccc(-c2ccc(F)c(F)c2)cc1. The Bertz CT molecular complexity index is 747. The molecule has 0 N–H and O–H groups in total. The molecule has 0 aliphatic rings. The summed E-state index contributed by atoms with van der Waals surface area (Å²) in [5.74, 6) is -0.746. The van der Waals surface area contributed by atoms with Crippen molar-refractivity contribution in [3.8, 4) is 11.1 Å². The first-order valence-electron chi connectivity index (χ1n) is 9.87. The monoisotopic (exact) mass is 406 g/mol. The van der Waals surface area contributed by atoms with Gasteiger partial charge in [0.2, 0.25) is 0 Å². The number of thioether (sulfide) groups is 1. The summed E-state index contributed by atoms with van der Waals surface area (Å²) >= 11 is 1.58. The molecule has 152 valence electrons. The van der Waals surface area contributed by atoms with E-state index in [1.54, 1.807) is 17.8 Å². The Morgan fingerprint density at radius 2 is 1.75 bits per heavy atom. The van der Waals surface area contributed by atoms with Gasteiger partial charge in [-0.15, -0.1) is 11.8 Å². The van der Waals surface area contributed by atoms with Gasteiger partial charge in [0.15, 0.2) is 11.6 Å². The third-order valence-corrected chi connectivity index (χ3v) is 5.72. The standard InChI is InChI=1S/C23H28F2O2S/c1-3-5-6-17(4-2)16-27-23(26)13-14-28-20-10-7-18(8-11-20)19-9-12-21(24)22(25)15-19/h7-12,15,17H,3-6,13-14,16H2,1-2H3. The van der Waals surface area contributed by atoms with Crippen molar-refractivity contribution in [1.29, 1.82) is 0 Å². The Morgan fingerprint density at radius 3 is 2.39 bits per heavy atom. The molecule has 0 saturated carbocycles. The highest BCUT2D eigenvalue weighted by molar-refractivity contribution is 7.99. The number of carbonyl (C=O) groups excluding carboxylic acids is 1. The molecular weight excluding hydrogens is 378 g/mol. The summed E-state index contributed by atoms with van der Waals surface area (Å²) in [4.78, 5) is 12.9. The Balaban J connectivity index is 1.75. The number of rotatable bonds is 11. The van der Waals surface area contributed by atoms with Gasteiger partial charge in [0.25, 0.3) is 0 Å². The van der Waals surface area contributed by atoms with Gasteiger partial charge in [-0.25, -0.2) is 8.78 Å². The molecule has 0 aliphatic carbocycles. The number of carbonyl (C=O) groups is 1. The van der Waals surface area contributed by atoms with Crippen molar-refractivity contribution in [1.82, 2.24) is 0 Å². The summed E-state index contributed by atoms with van der Waals surface area (Å²) in [5, 5.41) is 0. The number of benzene rings is 2. The average Bonchev–Trinajstić information content (AvgIpc) is 2.71. The van der Waals surface area contributed by atoms with E-state index in [-0.39, 0.29) is 5.97 Å². The second-order valence-corrected chi connectivity index (χ2v) is 8.02. The van der Waals surface area contributed by atoms with E-state index in [9.17, 15) is 13.6 Å². The highest BCUT2D eigenvalue weighted by Gasteiger charge is 2.10. The van der Waals surface area contributed by atoms with Crippen LogP contribution in [0.1, 0.15) is 46.0 Å². The van der Waals surface area contributed by atoms with Gasteiger partial charge in [-0.1, -0.05) is 51.3 Å². The summed E-state index contributed by atoms with van der Waals surface area (Å²) in [6.07, 6.45) is 4.86. The Morgan fingerprint density at radius 1 is 1.04 bits per heavy atom. The smallest absolute Gasteiger partial charge is 0.306 e. The molecule has 2 rings (SSSR count). The Labute approximate surface area is 170 Å². The van der Waals surface area contributed by atoms with Crippen LogP contribution in [0.25, 0.3) is 11.1 Å². The molecule has 0 saturated heterocycles. The van der Waals surface area contributed by atoms with Gasteiger partial charge in [-0.05, 0) is 47.7 Å². The van der Waals surface area contributed by atoms with Crippen molar-refractivity contribution in [3.05, 3.63) is 54.1 Å². The van der Waals surface area contributed by atoms with Gasteiger partial charge in [-0.3, -0.25) is 4.79 Å². The molecule has 0 spiro atoms. The fraction of sp³-hybridized carbons (Fsp3) is 0.435. The molecule has 0 aliphatic heterocycles. The lowest BCUT2D eigenvalue weighted by molar-refractivity contribution is -0.144. The molecule has 0 fully saturated rings. The third-order valence-electron chi connectivity index (χ3n) is 4.71. The maximum atomic E-state index is 13.4. The first-order chi connectivity index (χ1) is 13.5. The zero-order valence-corrected chi connectivity index (χ0v) is 17.4. The lowest BCUT2D eigenvalue weighted by Crippen LogP contribution is -2.14. The quantitative estimate of drug-likeness (QED) is 0.301. The second kappa shape index (κ2) is 11.8. The molecule has 5 heteroatoms. The maximum Gasteiger partial charge on any atom is 0.306 e. The molecule has 28 heavy (non-hydrogen) atoms. The van der Waals surface area contributed by atoms with Crippen LogP contribution in [0.4, 0.5) is 8.78 Å². The van der Waals surface area contributed by atoms with E-state index in [4.69, 9.17) is 4.74 Å². The first-order valence-corrected chi connectivity index (χ1v) is 10.9. The van der Waals surface area contributed by atoms with Gasteiger partial charge in [0, 0.05) is 10.6 Å². The van der Waals surface area contributed by atoms with Crippen LogP contribution in [0, 0.1) is 17.6 Å². The Hall–Kier alpha value is -1.88. The van der Waals surface area contributed by atoms with Crippen molar-refractivity contribution in [2.24, 2.45) is 5.92 Å². The Kier molecular flexibility index (Phi) is 9.48. The predicted molar refractivity (Wildman–Crippen MR) is 111 cm³/mol. The number of unbranched alkanes of at least 4 members (excludes halogenated alkanes) is 1. The topological polar surface area (TPSA) is 26.3 Å². The van der Waals surface area contributed by atoms with Crippen LogP contribution in [0.3, 0.4) is 0 Å². The van der Waals surface area contributed by atoms with Crippen LogP contribution in [0.15, 0.2) is 47.4 Å². The van der Waals surface area contributed by atoms with Gasteiger partial charge in [0.1, 0.15) is 0 Å². The van der Waals surface area contributed by atoms with Gasteiger partial charge in [0.05, 0.1) is 13.0 Å². The van der Waals surface area contributed by atoms with E-state index in [0.717, 1.165) is 35.8 Å². The van der Waals surface area contributed by atoms with Crippen LogP contribution in [-0.2, 0) is 9.53 Å². The summed E-state index contributed by atoms with van der Waals surface area (Å²) < 4.78 is 31.8. The second-order valence-electron chi connectivity index (χ2n) is 6.85. The molecule has 2 nitrogen and oxygen atoms in total. The summed E-state index contributed by atoms with van der Waals surface area (Å²) in [7, 11) is 0. The van der Waals surface area contributed by atoms with Crippen molar-refractivity contribution in [2.45, 2.75) is 50.8 Å². The minimum Gasteiger partial charge on any atom is -0.465 e. The van der Waals surface area contributed by atoms with Crippen LogP contribution in [-0.4, -0.2) is 18.3 Å². The molecule has 1 atom stereocenters. The molecule has 0 radical (unpaired) electrons. The molecular formula is C23H28F2O2S. The fourth-order valence-corrected chi connectivity index (χ4v) is 3.69. The van der Waals surface area contributed by atoms with E-state index in [1.165, 1.54) is 12.5 Å². The number of hydrogen-bond acceptors (Lipinski definition) is 3. The number of esters is 1. The van der Waals surface area contributed by atoms with Gasteiger partial charge < -0.3 is 4.74 Å². The predicted octanol–water partition coefficient (Wildman–Crippen LogP) is 6.87. The first kappa shape index (κ1) is 22.4. The van der Waals surface area contributed by atoms with Crippen molar-refractivity contribution in [2.75, 3.05) is 12.4 Å². The normalized spacial score (nSPS) is 12.0. The molecule has 0 heterocycles. The minimum absolute atomic E-state index is 0.152. The molecule has 2 aromatic rings. The summed E-state index contributed by atoms with van der Waals surface area (Å²) in [6, 6.07) is 11.5. The fourth-order valence-electron chi connectivity index (χ4n) is 2.85. The van der Waals surface area contributed by atoms with E-state index in [0.29, 0.717) is 30.3 Å². The maximum absolute atomic E-state index is 13.4. The minimum atomic E-state index is -0.852. The van der Waals surface area contributed by atoms with E-state index < -0.39 is 11.6 Å². The van der Waals surface area contributed by atoms with Crippen LogP contribution >= 0.6 is 11.8 Å². The van der Waals surface area contributed by atoms with Gasteiger partial charge in [-0.2, -0.15) is 0 Å². The number of hydrogen-bond donors (Lipinski definition) is 0. The number of ether oxygens (including phenoxy) is 1.